The van der Waals surface area contributed by atoms with Crippen molar-refractivity contribution >= 4 is 0 Å². The first kappa shape index (κ1) is 16.1. The van der Waals surface area contributed by atoms with Gasteiger partial charge in [0.25, 0.3) is 0 Å². The van der Waals surface area contributed by atoms with E-state index in [9.17, 15) is 0 Å². The summed E-state index contributed by atoms with van der Waals surface area (Å²) in [4.78, 5) is 2.37. The van der Waals surface area contributed by atoms with E-state index in [4.69, 9.17) is 15.2 Å². The van der Waals surface area contributed by atoms with Crippen molar-refractivity contribution in [2.45, 2.75) is 31.7 Å². The van der Waals surface area contributed by atoms with Gasteiger partial charge in [0.1, 0.15) is 0 Å². The second kappa shape index (κ2) is 7.66. The maximum atomic E-state index is 6.06. The number of nitrogens with zero attached hydrogens (tertiary/aromatic N) is 1. The van der Waals surface area contributed by atoms with Gasteiger partial charge >= 0.3 is 0 Å². The van der Waals surface area contributed by atoms with Gasteiger partial charge in [0, 0.05) is 18.7 Å². The monoisotopic (exact) mass is 292 g/mol. The second-order valence-corrected chi connectivity index (χ2v) is 5.92. The molecule has 118 valence electrons. The van der Waals surface area contributed by atoms with Crippen LogP contribution in [0.1, 0.15) is 37.3 Å². The van der Waals surface area contributed by atoms with Crippen LogP contribution in [0.2, 0.25) is 0 Å². The number of hydrogen-bond acceptors (Lipinski definition) is 4. The summed E-state index contributed by atoms with van der Waals surface area (Å²) in [5.41, 5.74) is 7.17. The molecular formula is C17H28N2O2. The fourth-order valence-corrected chi connectivity index (χ4v) is 3.45. The van der Waals surface area contributed by atoms with Gasteiger partial charge in [0.05, 0.1) is 20.3 Å². The highest BCUT2D eigenvalue weighted by Gasteiger charge is 2.25. The van der Waals surface area contributed by atoms with Gasteiger partial charge < -0.3 is 15.2 Å². The quantitative estimate of drug-likeness (QED) is 0.839. The maximum absolute atomic E-state index is 6.06. The smallest absolute Gasteiger partial charge is 0.165 e. The predicted molar refractivity (Wildman–Crippen MR) is 85.9 cm³/mol. The van der Waals surface area contributed by atoms with Gasteiger partial charge in [0.15, 0.2) is 11.5 Å². The van der Waals surface area contributed by atoms with E-state index < -0.39 is 0 Å². The molecule has 1 fully saturated rings. The Bertz CT molecular complexity index is 444. The highest BCUT2D eigenvalue weighted by molar-refractivity contribution is 5.48. The molecule has 0 spiro atoms. The predicted octanol–water partition coefficient (Wildman–Crippen LogP) is 2.83. The molecule has 0 aromatic heterocycles. The Labute approximate surface area is 128 Å². The van der Waals surface area contributed by atoms with Gasteiger partial charge in [-0.2, -0.15) is 0 Å². The van der Waals surface area contributed by atoms with Gasteiger partial charge in [-0.25, -0.2) is 0 Å². The van der Waals surface area contributed by atoms with Gasteiger partial charge in [-0.1, -0.05) is 25.0 Å². The molecule has 0 aliphatic heterocycles. The molecule has 2 rings (SSSR count). The van der Waals surface area contributed by atoms with Crippen molar-refractivity contribution in [2.24, 2.45) is 11.7 Å². The molecule has 1 aliphatic carbocycles. The number of ether oxygens (including phenoxy) is 2. The van der Waals surface area contributed by atoms with Crippen molar-refractivity contribution in [3.05, 3.63) is 23.8 Å². The van der Waals surface area contributed by atoms with Gasteiger partial charge in [-0.15, -0.1) is 0 Å². The lowest BCUT2D eigenvalue weighted by Crippen LogP contribution is -2.34. The van der Waals surface area contributed by atoms with E-state index in [1.807, 2.05) is 12.1 Å². The van der Waals surface area contributed by atoms with Gasteiger partial charge in [-0.3, -0.25) is 4.90 Å². The van der Waals surface area contributed by atoms with Crippen molar-refractivity contribution in [1.29, 1.82) is 0 Å². The van der Waals surface area contributed by atoms with E-state index in [1.165, 1.54) is 25.7 Å². The van der Waals surface area contributed by atoms with Crippen molar-refractivity contribution in [2.75, 3.05) is 34.4 Å². The SMILES string of the molecule is COc1cccc(C(CN)N(C)CC2CCCC2)c1OC. The fraction of sp³-hybridized carbons (Fsp3) is 0.647. The van der Waals surface area contributed by atoms with Crippen molar-refractivity contribution in [1.82, 2.24) is 4.90 Å². The average Bonchev–Trinajstić information content (AvgIpc) is 3.00. The normalized spacial score (nSPS) is 17.2. The first-order valence-electron chi connectivity index (χ1n) is 7.82. The molecule has 0 amide bonds. The van der Waals surface area contributed by atoms with E-state index in [2.05, 4.69) is 18.0 Å². The molecule has 0 heterocycles. The van der Waals surface area contributed by atoms with E-state index in [-0.39, 0.29) is 6.04 Å². The third-order valence-electron chi connectivity index (χ3n) is 4.57. The first-order valence-corrected chi connectivity index (χ1v) is 7.82. The van der Waals surface area contributed by atoms with Crippen molar-refractivity contribution in [3.8, 4) is 11.5 Å². The molecule has 4 heteroatoms. The minimum atomic E-state index is 0.163. The van der Waals surface area contributed by atoms with Crippen LogP contribution < -0.4 is 15.2 Å². The zero-order valence-corrected chi connectivity index (χ0v) is 13.5. The zero-order chi connectivity index (χ0) is 15.2. The Morgan fingerprint density at radius 1 is 1.24 bits per heavy atom. The summed E-state index contributed by atoms with van der Waals surface area (Å²) >= 11 is 0. The summed E-state index contributed by atoms with van der Waals surface area (Å²) in [5, 5.41) is 0. The largest absolute Gasteiger partial charge is 0.493 e. The molecule has 1 aromatic carbocycles. The summed E-state index contributed by atoms with van der Waals surface area (Å²) in [6.45, 7) is 1.68. The van der Waals surface area contributed by atoms with Crippen molar-refractivity contribution in [3.63, 3.8) is 0 Å². The Balaban J connectivity index is 2.19. The Morgan fingerprint density at radius 2 is 1.95 bits per heavy atom. The van der Waals surface area contributed by atoms with Crippen LogP contribution in [0.4, 0.5) is 0 Å². The van der Waals surface area contributed by atoms with Crippen LogP contribution in [0.25, 0.3) is 0 Å². The Hall–Kier alpha value is -1.26. The Kier molecular flexibility index (Phi) is 5.88. The lowest BCUT2D eigenvalue weighted by Gasteiger charge is -2.31. The lowest BCUT2D eigenvalue weighted by atomic mass is 10.0. The number of nitrogens with two attached hydrogens (primary N) is 1. The number of benzene rings is 1. The van der Waals surface area contributed by atoms with Crippen LogP contribution >= 0.6 is 0 Å². The highest BCUT2D eigenvalue weighted by Crippen LogP contribution is 2.37. The number of methoxy groups -OCH3 is 2. The molecule has 4 nitrogen and oxygen atoms in total. The molecular weight excluding hydrogens is 264 g/mol. The molecule has 21 heavy (non-hydrogen) atoms. The standard InChI is InChI=1S/C17H28N2O2/c1-19(12-13-7-4-5-8-13)15(11-18)14-9-6-10-16(20-2)17(14)21-3/h6,9-10,13,15H,4-5,7-8,11-12,18H2,1-3H3. The molecule has 1 aliphatic rings. The molecule has 0 saturated heterocycles. The molecule has 1 aromatic rings. The van der Waals surface area contributed by atoms with Gasteiger partial charge in [0.2, 0.25) is 0 Å². The Morgan fingerprint density at radius 3 is 2.52 bits per heavy atom. The van der Waals surface area contributed by atoms with Crippen LogP contribution in [0.15, 0.2) is 18.2 Å². The van der Waals surface area contributed by atoms with Crippen molar-refractivity contribution < 1.29 is 9.47 Å². The number of hydrogen-bond donors (Lipinski definition) is 1. The van der Waals surface area contributed by atoms with E-state index in [0.717, 1.165) is 29.5 Å². The second-order valence-electron chi connectivity index (χ2n) is 5.92. The van der Waals surface area contributed by atoms with E-state index in [1.54, 1.807) is 14.2 Å². The fourth-order valence-electron chi connectivity index (χ4n) is 3.45. The molecule has 0 radical (unpaired) electrons. The maximum Gasteiger partial charge on any atom is 0.165 e. The number of para-hydroxylation sites is 1. The van der Waals surface area contributed by atoms with Crippen LogP contribution in [0.3, 0.4) is 0 Å². The molecule has 1 unspecified atom stereocenters. The third-order valence-corrected chi connectivity index (χ3v) is 4.57. The molecule has 0 bridgehead atoms. The van der Waals surface area contributed by atoms with Crippen LogP contribution in [-0.2, 0) is 0 Å². The summed E-state index contributed by atoms with van der Waals surface area (Å²) < 4.78 is 11.0. The molecule has 2 N–H and O–H groups in total. The first-order chi connectivity index (χ1) is 10.2. The van der Waals surface area contributed by atoms with E-state index in [0.29, 0.717) is 6.54 Å². The lowest BCUT2D eigenvalue weighted by molar-refractivity contribution is 0.207. The summed E-state index contributed by atoms with van der Waals surface area (Å²) in [6.07, 6.45) is 5.43. The van der Waals surface area contributed by atoms with Crippen LogP contribution in [0, 0.1) is 5.92 Å². The zero-order valence-electron chi connectivity index (χ0n) is 13.5. The third kappa shape index (κ3) is 3.69. The highest BCUT2D eigenvalue weighted by atomic mass is 16.5. The summed E-state index contributed by atoms with van der Waals surface area (Å²) in [7, 11) is 5.52. The molecule has 1 saturated carbocycles. The topological polar surface area (TPSA) is 47.7 Å². The minimum Gasteiger partial charge on any atom is -0.493 e. The van der Waals surface area contributed by atoms with Crippen LogP contribution in [-0.4, -0.2) is 39.3 Å². The van der Waals surface area contributed by atoms with E-state index >= 15 is 0 Å². The molecule has 1 atom stereocenters. The minimum absolute atomic E-state index is 0.163. The summed E-state index contributed by atoms with van der Waals surface area (Å²) in [5.74, 6) is 2.37. The number of rotatable bonds is 7. The van der Waals surface area contributed by atoms with Crippen LogP contribution in [0.5, 0.6) is 11.5 Å². The van der Waals surface area contributed by atoms with Gasteiger partial charge in [-0.05, 0) is 31.9 Å². The number of likely N-dealkylation sites (N-methyl/N-ethyl adjacent to an activating group) is 1. The average molecular weight is 292 g/mol. The summed E-state index contributed by atoms with van der Waals surface area (Å²) in [6, 6.07) is 6.18.